The van der Waals surface area contributed by atoms with Crippen LogP contribution < -0.4 is 0 Å². The molecule has 2 nitrogen and oxygen atoms in total. The second-order valence-corrected chi connectivity index (χ2v) is 4.64. The molecular weight excluding hydrogens is 150 g/mol. The second kappa shape index (κ2) is 3.91. The maximum Gasteiger partial charge on any atom is 0.229 e. The fourth-order valence-corrected chi connectivity index (χ4v) is 0.663. The van der Waals surface area contributed by atoms with Crippen LogP contribution in [0.2, 0.25) is 0 Å². The van der Waals surface area contributed by atoms with Crippen LogP contribution in [-0.2, 0) is 4.74 Å². The molecule has 0 atom stereocenters. The van der Waals surface area contributed by atoms with Gasteiger partial charge in [0, 0.05) is 20.3 Å². The fraction of sp³-hybridized carbons (Fsp3) is 0.900. The summed E-state index contributed by atoms with van der Waals surface area (Å²) in [6.07, 6.45) is 0.799. The van der Waals surface area contributed by atoms with E-state index < -0.39 is 0 Å². The maximum atomic E-state index is 6.91. The van der Waals surface area contributed by atoms with E-state index in [1.165, 1.54) is 0 Å². The van der Waals surface area contributed by atoms with Gasteiger partial charge in [0.05, 0.1) is 12.2 Å². The van der Waals surface area contributed by atoms with E-state index in [1.807, 2.05) is 34.6 Å². The van der Waals surface area contributed by atoms with Gasteiger partial charge in [-0.2, -0.15) is 0 Å². The minimum atomic E-state index is -0.273. The van der Waals surface area contributed by atoms with Crippen LogP contribution in [0, 0.1) is 6.57 Å². The van der Waals surface area contributed by atoms with E-state index in [-0.39, 0.29) is 11.1 Å². The first-order valence-corrected chi connectivity index (χ1v) is 4.29. The van der Waals surface area contributed by atoms with Gasteiger partial charge in [0.1, 0.15) is 0 Å². The molecule has 0 fully saturated rings. The Kier molecular flexibility index (Phi) is 3.73. The Morgan fingerprint density at radius 1 is 1.17 bits per heavy atom. The number of nitrogens with zero attached hydrogens (tertiary/aromatic N) is 1. The monoisotopic (exact) mass is 169 g/mol. The van der Waals surface area contributed by atoms with Gasteiger partial charge >= 0.3 is 0 Å². The highest BCUT2D eigenvalue weighted by Crippen LogP contribution is 2.16. The van der Waals surface area contributed by atoms with Gasteiger partial charge in [-0.15, -0.1) is 0 Å². The SMILES string of the molecule is [C-]#[N+]C(C)(C)CCOC(C)(C)C. The van der Waals surface area contributed by atoms with Crippen molar-refractivity contribution in [2.75, 3.05) is 6.61 Å². The van der Waals surface area contributed by atoms with Crippen molar-refractivity contribution in [3.05, 3.63) is 11.4 Å². The highest BCUT2D eigenvalue weighted by molar-refractivity contribution is 4.89. The quantitative estimate of drug-likeness (QED) is 0.592. The molecule has 0 rings (SSSR count). The predicted octanol–water partition coefficient (Wildman–Crippen LogP) is 2.89. The smallest absolute Gasteiger partial charge is 0.229 e. The molecule has 0 aliphatic heterocycles. The molecule has 0 saturated carbocycles. The van der Waals surface area contributed by atoms with Crippen LogP contribution in [-0.4, -0.2) is 17.7 Å². The summed E-state index contributed by atoms with van der Waals surface area (Å²) in [6.45, 7) is 17.5. The molecule has 2 heteroatoms. The Bertz CT molecular complexity index is 171. The van der Waals surface area contributed by atoms with Crippen LogP contribution in [0.3, 0.4) is 0 Å². The average molecular weight is 169 g/mol. The summed E-state index contributed by atoms with van der Waals surface area (Å²) in [5.41, 5.74) is -0.358. The van der Waals surface area contributed by atoms with E-state index in [9.17, 15) is 0 Å². The van der Waals surface area contributed by atoms with Gasteiger partial charge in [-0.25, -0.2) is 6.57 Å². The third-order valence-electron chi connectivity index (χ3n) is 1.55. The Morgan fingerprint density at radius 2 is 1.67 bits per heavy atom. The number of rotatable bonds is 3. The molecule has 0 aromatic rings. The summed E-state index contributed by atoms with van der Waals surface area (Å²) in [6, 6.07) is 0. The third kappa shape index (κ3) is 6.18. The van der Waals surface area contributed by atoms with Crippen molar-refractivity contribution in [2.24, 2.45) is 0 Å². The molecular formula is C10H19NO. The number of hydrogen-bond donors (Lipinski definition) is 0. The topological polar surface area (TPSA) is 13.6 Å². The number of hydrogen-bond acceptors (Lipinski definition) is 1. The van der Waals surface area contributed by atoms with Gasteiger partial charge < -0.3 is 9.58 Å². The lowest BCUT2D eigenvalue weighted by Crippen LogP contribution is -2.24. The van der Waals surface area contributed by atoms with Gasteiger partial charge in [-0.05, 0) is 20.8 Å². The first-order valence-electron chi connectivity index (χ1n) is 4.29. The standard InChI is InChI=1S/C10H19NO/c1-9(2,3)12-8-7-10(4,5)11-6/h7-8H2,1-5H3. The van der Waals surface area contributed by atoms with Crippen molar-refractivity contribution < 1.29 is 4.74 Å². The van der Waals surface area contributed by atoms with Gasteiger partial charge in [-0.3, -0.25) is 0 Å². The molecule has 0 heterocycles. The zero-order chi connectivity index (χ0) is 9.83. The van der Waals surface area contributed by atoms with E-state index in [4.69, 9.17) is 11.3 Å². The van der Waals surface area contributed by atoms with Crippen LogP contribution in [0.5, 0.6) is 0 Å². The molecule has 0 aliphatic carbocycles. The highest BCUT2D eigenvalue weighted by atomic mass is 16.5. The number of ether oxygens (including phenoxy) is 1. The summed E-state index contributed by atoms with van der Waals surface area (Å²) in [7, 11) is 0. The van der Waals surface area contributed by atoms with Crippen LogP contribution in [0.15, 0.2) is 0 Å². The van der Waals surface area contributed by atoms with Gasteiger partial charge in [0.2, 0.25) is 5.54 Å². The van der Waals surface area contributed by atoms with Crippen molar-refractivity contribution >= 4 is 0 Å². The first kappa shape index (κ1) is 11.4. The summed E-state index contributed by atoms with van der Waals surface area (Å²) in [5.74, 6) is 0. The van der Waals surface area contributed by atoms with Gasteiger partial charge in [-0.1, -0.05) is 0 Å². The van der Waals surface area contributed by atoms with Crippen molar-refractivity contribution in [3.8, 4) is 0 Å². The maximum absolute atomic E-state index is 6.91. The Labute approximate surface area is 75.7 Å². The lowest BCUT2D eigenvalue weighted by Gasteiger charge is -2.20. The second-order valence-electron chi connectivity index (χ2n) is 4.64. The fourth-order valence-electron chi connectivity index (χ4n) is 0.663. The Balaban J connectivity index is 3.66. The first-order chi connectivity index (χ1) is 5.27. The molecule has 0 spiro atoms. The third-order valence-corrected chi connectivity index (χ3v) is 1.55. The molecule has 70 valence electrons. The molecule has 0 saturated heterocycles. The van der Waals surface area contributed by atoms with E-state index in [0.29, 0.717) is 6.61 Å². The highest BCUT2D eigenvalue weighted by Gasteiger charge is 2.23. The largest absolute Gasteiger partial charge is 0.376 e. The Hall–Kier alpha value is -0.550. The minimum Gasteiger partial charge on any atom is -0.376 e. The molecule has 0 N–H and O–H groups in total. The van der Waals surface area contributed by atoms with Crippen molar-refractivity contribution in [1.29, 1.82) is 0 Å². The molecule has 0 aromatic heterocycles. The molecule has 0 bridgehead atoms. The van der Waals surface area contributed by atoms with Crippen molar-refractivity contribution in [1.82, 2.24) is 0 Å². The van der Waals surface area contributed by atoms with E-state index in [1.54, 1.807) is 0 Å². The molecule has 0 amide bonds. The molecule has 0 radical (unpaired) electrons. The Morgan fingerprint density at radius 3 is 2.00 bits per heavy atom. The minimum absolute atomic E-state index is 0.0852. The summed E-state index contributed by atoms with van der Waals surface area (Å²) in [4.78, 5) is 3.51. The lowest BCUT2D eigenvalue weighted by atomic mass is 10.0. The molecule has 0 aromatic carbocycles. The van der Waals surface area contributed by atoms with Crippen molar-refractivity contribution in [3.63, 3.8) is 0 Å². The van der Waals surface area contributed by atoms with E-state index >= 15 is 0 Å². The summed E-state index contributed by atoms with van der Waals surface area (Å²) in [5, 5.41) is 0. The molecule has 0 aliphatic rings. The van der Waals surface area contributed by atoms with E-state index in [0.717, 1.165) is 6.42 Å². The van der Waals surface area contributed by atoms with Crippen LogP contribution in [0.1, 0.15) is 41.0 Å². The summed E-state index contributed by atoms with van der Waals surface area (Å²) < 4.78 is 5.52. The summed E-state index contributed by atoms with van der Waals surface area (Å²) >= 11 is 0. The van der Waals surface area contributed by atoms with Crippen LogP contribution in [0.25, 0.3) is 4.85 Å². The van der Waals surface area contributed by atoms with Gasteiger partial charge in [0.25, 0.3) is 0 Å². The molecule has 0 unspecified atom stereocenters. The van der Waals surface area contributed by atoms with E-state index in [2.05, 4.69) is 4.85 Å². The zero-order valence-electron chi connectivity index (χ0n) is 8.77. The molecule has 12 heavy (non-hydrogen) atoms. The van der Waals surface area contributed by atoms with Crippen LogP contribution in [0.4, 0.5) is 0 Å². The lowest BCUT2D eigenvalue weighted by molar-refractivity contribution is -0.00779. The van der Waals surface area contributed by atoms with Crippen LogP contribution >= 0.6 is 0 Å². The zero-order valence-corrected chi connectivity index (χ0v) is 8.77. The van der Waals surface area contributed by atoms with Crippen molar-refractivity contribution in [2.45, 2.75) is 52.2 Å². The normalized spacial score (nSPS) is 12.7. The predicted molar refractivity (Wildman–Crippen MR) is 51.0 cm³/mol. The average Bonchev–Trinajstić information content (AvgIpc) is 1.84. The van der Waals surface area contributed by atoms with Gasteiger partial charge in [0.15, 0.2) is 0 Å².